The van der Waals surface area contributed by atoms with Crippen molar-refractivity contribution in [3.63, 3.8) is 0 Å². The summed E-state index contributed by atoms with van der Waals surface area (Å²) in [6, 6.07) is 23.2. The van der Waals surface area contributed by atoms with Crippen molar-refractivity contribution in [3.05, 3.63) is 106 Å². The summed E-state index contributed by atoms with van der Waals surface area (Å²) in [5, 5.41) is 14.0. The maximum absolute atomic E-state index is 15.3. The molecule has 1 aromatic heterocycles. The first-order valence-electron chi connectivity index (χ1n) is 15.6. The van der Waals surface area contributed by atoms with Crippen molar-refractivity contribution in [2.45, 2.75) is 63.7 Å². The molecule has 1 amide bonds. The number of rotatable bonds is 7. The average Bonchev–Trinajstić information content (AvgIpc) is 3.48. The van der Waals surface area contributed by atoms with Crippen LogP contribution in [0.1, 0.15) is 72.5 Å². The molecule has 45 heavy (non-hydrogen) atoms. The van der Waals surface area contributed by atoms with Gasteiger partial charge in [0.2, 0.25) is 0 Å². The number of aliphatic hydroxyl groups excluding tert-OH is 1. The molecule has 2 N–H and O–H groups in total. The number of halogens is 1. The van der Waals surface area contributed by atoms with Gasteiger partial charge in [0.05, 0.1) is 18.0 Å². The monoisotopic (exact) mass is 628 g/mol. The van der Waals surface area contributed by atoms with Gasteiger partial charge in [0.15, 0.2) is 16.7 Å². The highest BCUT2D eigenvalue weighted by Gasteiger charge is 2.41. The molecule has 0 unspecified atom stereocenters. The van der Waals surface area contributed by atoms with Gasteiger partial charge in [-0.1, -0.05) is 92.8 Å². The molecular weight excluding hydrogens is 587 g/mol. The molecule has 0 aliphatic carbocycles. The summed E-state index contributed by atoms with van der Waals surface area (Å²) in [7, 11) is 0. The highest BCUT2D eigenvalue weighted by molar-refractivity contribution is 7.17. The highest BCUT2D eigenvalue weighted by atomic mass is 32.1. The van der Waals surface area contributed by atoms with E-state index in [4.69, 9.17) is 4.74 Å². The lowest BCUT2D eigenvalue weighted by molar-refractivity contribution is 0.0375. The highest BCUT2D eigenvalue weighted by Crippen LogP contribution is 2.43. The molecule has 9 heteroatoms. The lowest BCUT2D eigenvalue weighted by Crippen LogP contribution is -2.48. The van der Waals surface area contributed by atoms with Gasteiger partial charge in [0, 0.05) is 52.0 Å². The SMILES string of the molecule is CC(C)(C)c1ccc(CN2CCC3(CCN(c4ncc(C(=O)NC[C@H](O)c5ccccc5)s4)CC3)Oc3c(F)cccc32)cc1. The number of nitrogens with zero attached hydrogens (tertiary/aromatic N) is 3. The molecule has 2 aliphatic rings. The number of hydrogen-bond acceptors (Lipinski definition) is 7. The van der Waals surface area contributed by atoms with Gasteiger partial charge in [-0.3, -0.25) is 4.79 Å². The van der Waals surface area contributed by atoms with Crippen LogP contribution < -0.4 is 19.9 Å². The Kier molecular flexibility index (Phi) is 8.84. The molecule has 0 radical (unpaired) electrons. The average molecular weight is 629 g/mol. The van der Waals surface area contributed by atoms with Crippen LogP contribution in [0.3, 0.4) is 0 Å². The van der Waals surface area contributed by atoms with Crippen molar-refractivity contribution in [2.24, 2.45) is 0 Å². The van der Waals surface area contributed by atoms with Crippen LogP contribution in [0.4, 0.5) is 15.2 Å². The third-order valence-corrected chi connectivity index (χ3v) is 10.00. The van der Waals surface area contributed by atoms with E-state index in [-0.39, 0.29) is 23.7 Å². The number of piperidine rings is 1. The zero-order chi connectivity index (χ0) is 31.6. The molecule has 1 atom stereocenters. The van der Waals surface area contributed by atoms with Crippen LogP contribution in [0.5, 0.6) is 5.75 Å². The Morgan fingerprint density at radius 2 is 1.73 bits per heavy atom. The number of ether oxygens (including phenoxy) is 1. The van der Waals surface area contributed by atoms with E-state index in [2.05, 4.69) is 65.1 Å². The number of aromatic nitrogens is 1. The lowest BCUT2D eigenvalue weighted by atomic mass is 9.86. The summed E-state index contributed by atoms with van der Waals surface area (Å²) in [5.41, 5.74) is 3.63. The number of benzene rings is 3. The van der Waals surface area contributed by atoms with Crippen LogP contribution in [0.25, 0.3) is 0 Å². The van der Waals surface area contributed by atoms with Gasteiger partial charge in [-0.2, -0.15) is 0 Å². The minimum Gasteiger partial charge on any atom is -0.482 e. The Bertz CT molecular complexity index is 1610. The number of fused-ring (bicyclic) bond motifs is 1. The van der Waals surface area contributed by atoms with Gasteiger partial charge in [0.25, 0.3) is 5.91 Å². The predicted molar refractivity (Wildman–Crippen MR) is 178 cm³/mol. The minimum absolute atomic E-state index is 0.0879. The number of hydrogen-bond donors (Lipinski definition) is 2. The molecule has 236 valence electrons. The first-order chi connectivity index (χ1) is 21.6. The smallest absolute Gasteiger partial charge is 0.263 e. The van der Waals surface area contributed by atoms with Crippen molar-refractivity contribution in [3.8, 4) is 5.75 Å². The van der Waals surface area contributed by atoms with E-state index in [1.807, 2.05) is 36.4 Å². The van der Waals surface area contributed by atoms with E-state index in [0.717, 1.165) is 42.2 Å². The van der Waals surface area contributed by atoms with Crippen molar-refractivity contribution >= 4 is 28.1 Å². The zero-order valence-electron chi connectivity index (χ0n) is 26.1. The topological polar surface area (TPSA) is 77.9 Å². The third kappa shape index (κ3) is 6.99. The van der Waals surface area contributed by atoms with Gasteiger partial charge >= 0.3 is 0 Å². The minimum atomic E-state index is -0.777. The molecule has 4 aromatic rings. The summed E-state index contributed by atoms with van der Waals surface area (Å²) >= 11 is 1.34. The number of carbonyl (C=O) groups is 1. The van der Waals surface area contributed by atoms with Crippen molar-refractivity contribution in [2.75, 3.05) is 36.0 Å². The van der Waals surface area contributed by atoms with E-state index in [1.165, 1.54) is 28.5 Å². The summed E-state index contributed by atoms with van der Waals surface area (Å²) in [6.45, 7) is 9.58. The van der Waals surface area contributed by atoms with Crippen molar-refractivity contribution < 1.29 is 19.0 Å². The Labute approximate surface area is 268 Å². The van der Waals surface area contributed by atoms with Crippen LogP contribution in [-0.2, 0) is 12.0 Å². The molecule has 2 aliphatic heterocycles. The number of para-hydroxylation sites is 1. The van der Waals surface area contributed by atoms with Gasteiger partial charge in [-0.05, 0) is 34.2 Å². The van der Waals surface area contributed by atoms with E-state index < -0.39 is 11.7 Å². The summed E-state index contributed by atoms with van der Waals surface area (Å²) < 4.78 is 21.9. The zero-order valence-corrected chi connectivity index (χ0v) is 26.9. The number of nitrogens with one attached hydrogen (secondary N) is 1. The standard InChI is InChI=1S/C36H41FN4O3S/c1-35(2,3)27-14-12-25(13-15-27)24-41-21-18-36(44-32-28(37)10-7-11-29(32)41)16-19-40(20-17-36)34-39-23-31(45-34)33(43)38-22-30(42)26-8-5-4-6-9-26/h4-15,23,30,42H,16-22,24H2,1-3H3,(H,38,43)/t30-/m0/s1. The largest absolute Gasteiger partial charge is 0.482 e. The Hall–Kier alpha value is -3.95. The summed E-state index contributed by atoms with van der Waals surface area (Å²) in [4.78, 5) is 22.3. The van der Waals surface area contributed by atoms with Crippen molar-refractivity contribution in [1.29, 1.82) is 0 Å². The Balaban J connectivity index is 1.10. The second kappa shape index (κ2) is 12.8. The molecule has 6 rings (SSSR count). The molecule has 3 heterocycles. The molecule has 0 saturated carbocycles. The summed E-state index contributed by atoms with van der Waals surface area (Å²) in [5.74, 6) is -0.257. The molecular formula is C36H41FN4O3S. The van der Waals surface area contributed by atoms with E-state index >= 15 is 4.39 Å². The fraction of sp³-hybridized carbons (Fsp3) is 0.389. The van der Waals surface area contributed by atoms with Crippen molar-refractivity contribution in [1.82, 2.24) is 10.3 Å². The molecule has 3 aromatic carbocycles. The van der Waals surface area contributed by atoms with E-state index in [0.29, 0.717) is 30.3 Å². The second-order valence-corrected chi connectivity index (χ2v) is 14.1. The first-order valence-corrected chi connectivity index (χ1v) is 16.5. The molecule has 0 bridgehead atoms. The summed E-state index contributed by atoms with van der Waals surface area (Å²) in [6.07, 6.45) is 3.04. The molecule has 1 saturated heterocycles. The molecule has 1 fully saturated rings. The van der Waals surface area contributed by atoms with Gasteiger partial charge in [-0.15, -0.1) is 0 Å². The number of thiazole rings is 1. The quantitative estimate of drug-likeness (QED) is 0.233. The first kappa shape index (κ1) is 31.0. The second-order valence-electron chi connectivity index (χ2n) is 13.1. The van der Waals surface area contributed by atoms with E-state index in [9.17, 15) is 9.90 Å². The number of anilines is 2. The molecule has 7 nitrogen and oxygen atoms in total. The fourth-order valence-electron chi connectivity index (χ4n) is 6.11. The maximum atomic E-state index is 15.3. The number of aliphatic hydroxyl groups is 1. The number of amides is 1. The van der Waals surface area contributed by atoms with E-state index in [1.54, 1.807) is 12.3 Å². The van der Waals surface area contributed by atoms with Gasteiger partial charge in [-0.25, -0.2) is 9.37 Å². The maximum Gasteiger partial charge on any atom is 0.263 e. The Morgan fingerprint density at radius 3 is 2.44 bits per heavy atom. The van der Waals surface area contributed by atoms with Crippen LogP contribution in [0.15, 0.2) is 79.0 Å². The fourth-order valence-corrected chi connectivity index (χ4v) is 7.00. The van der Waals surface area contributed by atoms with Gasteiger partial charge < -0.3 is 25.0 Å². The van der Waals surface area contributed by atoms with Crippen LogP contribution >= 0.6 is 11.3 Å². The lowest BCUT2D eigenvalue weighted by Gasteiger charge is -2.41. The Morgan fingerprint density at radius 1 is 1.02 bits per heavy atom. The van der Waals surface area contributed by atoms with Crippen LogP contribution in [0, 0.1) is 5.82 Å². The normalized spacial score (nSPS) is 16.9. The third-order valence-electron chi connectivity index (χ3n) is 8.94. The van der Waals surface area contributed by atoms with Crippen LogP contribution in [0.2, 0.25) is 0 Å². The predicted octanol–water partition coefficient (Wildman–Crippen LogP) is 6.87. The number of carbonyl (C=O) groups excluding carboxylic acids is 1. The van der Waals surface area contributed by atoms with Gasteiger partial charge in [0.1, 0.15) is 10.5 Å². The molecule has 1 spiro atoms. The van der Waals surface area contributed by atoms with Crippen LogP contribution in [-0.4, -0.2) is 47.8 Å².